The first-order valence-corrected chi connectivity index (χ1v) is 10.8. The van der Waals surface area contributed by atoms with Gasteiger partial charge in [0.2, 0.25) is 0 Å². The Kier molecular flexibility index (Phi) is 7.66. The van der Waals surface area contributed by atoms with E-state index in [-0.39, 0.29) is 18.5 Å². The number of anilines is 2. The lowest BCUT2D eigenvalue weighted by Crippen LogP contribution is -2.18. The molecule has 0 spiro atoms. The van der Waals surface area contributed by atoms with Gasteiger partial charge in [-0.1, -0.05) is 35.9 Å². The summed E-state index contributed by atoms with van der Waals surface area (Å²) in [5.41, 5.74) is 1.29. The maximum absolute atomic E-state index is 13.4. The molecule has 3 rings (SSSR count). The third-order valence-corrected chi connectivity index (χ3v) is 5.68. The first-order chi connectivity index (χ1) is 16.0. The van der Waals surface area contributed by atoms with Crippen LogP contribution < -0.4 is 10.6 Å². The molecule has 34 heavy (non-hydrogen) atoms. The minimum Gasteiger partial charge on any atom is -0.481 e. The van der Waals surface area contributed by atoms with Crippen molar-refractivity contribution < 1.29 is 23.1 Å². The summed E-state index contributed by atoms with van der Waals surface area (Å²) in [6, 6.07) is 10.6. The van der Waals surface area contributed by atoms with Gasteiger partial charge in [-0.3, -0.25) is 4.79 Å². The fourth-order valence-electron chi connectivity index (χ4n) is 3.75. The zero-order valence-corrected chi connectivity index (χ0v) is 19.6. The lowest BCUT2D eigenvalue weighted by atomic mass is 9.97. The van der Waals surface area contributed by atoms with Gasteiger partial charge in [-0.15, -0.1) is 0 Å². The number of rotatable bonds is 8. The van der Waals surface area contributed by atoms with Crippen LogP contribution in [0.15, 0.2) is 42.5 Å². The molecule has 0 saturated carbocycles. The quantitative estimate of drug-likeness (QED) is 0.348. The number of carboxylic acid groups (broad SMARTS) is 1. The predicted octanol–water partition coefficient (Wildman–Crippen LogP) is 6.18. The number of halogens is 4. The summed E-state index contributed by atoms with van der Waals surface area (Å²) in [4.78, 5) is 20.2. The lowest BCUT2D eigenvalue weighted by Gasteiger charge is -2.23. The summed E-state index contributed by atoms with van der Waals surface area (Å²) in [6.07, 6.45) is -4.81. The molecule has 1 atom stereocenters. The van der Waals surface area contributed by atoms with Crippen molar-refractivity contribution in [3.05, 3.63) is 81.3 Å². The number of nitrogens with one attached hydrogen (secondary N) is 2. The van der Waals surface area contributed by atoms with E-state index in [1.165, 1.54) is 13.0 Å². The molecule has 0 saturated heterocycles. The summed E-state index contributed by atoms with van der Waals surface area (Å²) in [5.74, 6) is -0.384. The number of carboxylic acids is 1. The molecule has 6 nitrogen and oxygen atoms in total. The second kappa shape index (κ2) is 10.3. The van der Waals surface area contributed by atoms with Crippen molar-refractivity contribution in [2.45, 2.75) is 46.0 Å². The van der Waals surface area contributed by atoms with E-state index in [4.69, 9.17) is 11.6 Å². The topological polar surface area (TPSA) is 87.1 Å². The third-order valence-electron chi connectivity index (χ3n) is 5.35. The molecule has 0 bridgehead atoms. The third kappa shape index (κ3) is 5.96. The Hall–Kier alpha value is -3.33. The maximum atomic E-state index is 13.4. The van der Waals surface area contributed by atoms with Crippen LogP contribution in [0.2, 0.25) is 5.02 Å². The predicted molar refractivity (Wildman–Crippen MR) is 125 cm³/mol. The maximum Gasteiger partial charge on any atom is 0.416 e. The number of hydrogen-bond donors (Lipinski definition) is 3. The molecule has 1 heterocycles. The second-order valence-corrected chi connectivity index (χ2v) is 8.24. The van der Waals surface area contributed by atoms with Crippen LogP contribution in [0.5, 0.6) is 0 Å². The molecule has 0 radical (unpaired) electrons. The van der Waals surface area contributed by atoms with Gasteiger partial charge in [0, 0.05) is 12.1 Å². The van der Waals surface area contributed by atoms with Crippen LogP contribution in [-0.2, 0) is 23.9 Å². The van der Waals surface area contributed by atoms with E-state index < -0.39 is 23.8 Å². The van der Waals surface area contributed by atoms with E-state index in [0.717, 1.165) is 6.07 Å². The number of para-hydroxylation sites is 1. The molecule has 10 heteroatoms. The Balaban J connectivity index is 1.99. The summed E-state index contributed by atoms with van der Waals surface area (Å²) < 4.78 is 40.2. The van der Waals surface area contributed by atoms with Gasteiger partial charge in [0.05, 0.1) is 34.4 Å². The number of aliphatic carboxylic acids is 1. The van der Waals surface area contributed by atoms with Crippen molar-refractivity contribution in [1.82, 2.24) is 9.97 Å². The highest BCUT2D eigenvalue weighted by molar-refractivity contribution is 6.33. The minimum atomic E-state index is -4.47. The smallest absolute Gasteiger partial charge is 0.416 e. The fraction of sp³-hybridized carbons (Fsp3) is 0.292. The molecular weight excluding hydrogens is 469 g/mol. The van der Waals surface area contributed by atoms with Crippen molar-refractivity contribution in [2.75, 3.05) is 10.6 Å². The average Bonchev–Trinajstić information content (AvgIpc) is 2.73. The van der Waals surface area contributed by atoms with E-state index in [0.29, 0.717) is 39.2 Å². The number of benzene rings is 2. The standard InChI is InChI=1S/C24H24ClF3N4O2/c1-13-16(7-6-8-18(13)24(26,27)28)14(2)30-23-17(12-29-20-10-5-4-9-19(20)25)21(11-22(33)34)31-15(3)32-23/h4-10,14,29H,11-12H2,1-3H3,(H,33,34)(H,30,31,32)/t14-/m1/s1. The highest BCUT2D eigenvalue weighted by atomic mass is 35.5. The van der Waals surface area contributed by atoms with Gasteiger partial charge >= 0.3 is 12.1 Å². The largest absolute Gasteiger partial charge is 0.481 e. The van der Waals surface area contributed by atoms with Crippen molar-refractivity contribution in [3.8, 4) is 0 Å². The zero-order chi connectivity index (χ0) is 25.0. The molecule has 2 aromatic carbocycles. The monoisotopic (exact) mass is 492 g/mol. The Morgan fingerprint density at radius 1 is 1.12 bits per heavy atom. The lowest BCUT2D eigenvalue weighted by molar-refractivity contribution is -0.138. The van der Waals surface area contributed by atoms with Gasteiger partial charge in [-0.05, 0) is 50.1 Å². The molecule has 0 aliphatic rings. The Bertz CT molecular complexity index is 1200. The Morgan fingerprint density at radius 2 is 1.82 bits per heavy atom. The van der Waals surface area contributed by atoms with Crippen LogP contribution in [-0.4, -0.2) is 21.0 Å². The van der Waals surface area contributed by atoms with Gasteiger partial charge < -0.3 is 15.7 Å². The molecule has 0 amide bonds. The molecule has 0 unspecified atom stereocenters. The normalized spacial score (nSPS) is 12.3. The van der Waals surface area contributed by atoms with Gasteiger partial charge in [0.25, 0.3) is 0 Å². The van der Waals surface area contributed by atoms with Crippen LogP contribution in [0.1, 0.15) is 46.7 Å². The molecule has 180 valence electrons. The van der Waals surface area contributed by atoms with Crippen LogP contribution in [0.25, 0.3) is 0 Å². The SMILES string of the molecule is Cc1nc(CC(=O)O)c(CNc2ccccc2Cl)c(N[C@H](C)c2cccc(C(F)(F)F)c2C)n1. The van der Waals surface area contributed by atoms with Crippen molar-refractivity contribution in [1.29, 1.82) is 0 Å². The van der Waals surface area contributed by atoms with Gasteiger partial charge in [-0.25, -0.2) is 9.97 Å². The van der Waals surface area contributed by atoms with Crippen molar-refractivity contribution in [3.63, 3.8) is 0 Å². The number of aromatic nitrogens is 2. The molecular formula is C24H24ClF3N4O2. The van der Waals surface area contributed by atoms with Crippen LogP contribution in [0.4, 0.5) is 24.7 Å². The number of carbonyl (C=O) groups is 1. The zero-order valence-electron chi connectivity index (χ0n) is 18.8. The number of aryl methyl sites for hydroxylation is 1. The Morgan fingerprint density at radius 3 is 2.47 bits per heavy atom. The highest BCUT2D eigenvalue weighted by Gasteiger charge is 2.33. The summed E-state index contributed by atoms with van der Waals surface area (Å²) in [6.45, 7) is 4.94. The molecule has 0 aliphatic carbocycles. The van der Waals surface area contributed by atoms with E-state index in [1.807, 2.05) is 0 Å². The van der Waals surface area contributed by atoms with E-state index >= 15 is 0 Å². The van der Waals surface area contributed by atoms with Crippen LogP contribution in [0.3, 0.4) is 0 Å². The average molecular weight is 493 g/mol. The first-order valence-electron chi connectivity index (χ1n) is 10.5. The first kappa shape index (κ1) is 25.3. The molecule has 0 aliphatic heterocycles. The van der Waals surface area contributed by atoms with Crippen LogP contribution in [0, 0.1) is 13.8 Å². The number of nitrogens with zero attached hydrogens (tertiary/aromatic N) is 2. The van der Waals surface area contributed by atoms with Crippen molar-refractivity contribution in [2.24, 2.45) is 0 Å². The van der Waals surface area contributed by atoms with Gasteiger partial charge in [0.1, 0.15) is 11.6 Å². The number of hydrogen-bond acceptors (Lipinski definition) is 5. The fourth-order valence-corrected chi connectivity index (χ4v) is 3.95. The summed E-state index contributed by atoms with van der Waals surface area (Å²) in [7, 11) is 0. The minimum absolute atomic E-state index is 0.113. The van der Waals surface area contributed by atoms with Crippen LogP contribution >= 0.6 is 11.6 Å². The molecule has 0 fully saturated rings. The highest BCUT2D eigenvalue weighted by Crippen LogP contribution is 2.35. The summed E-state index contributed by atoms with van der Waals surface area (Å²) in [5, 5.41) is 16.2. The van der Waals surface area contributed by atoms with Gasteiger partial charge in [0.15, 0.2) is 0 Å². The second-order valence-electron chi connectivity index (χ2n) is 7.83. The molecule has 3 aromatic rings. The molecule has 3 N–H and O–H groups in total. The van der Waals surface area contributed by atoms with E-state index in [1.54, 1.807) is 44.2 Å². The van der Waals surface area contributed by atoms with E-state index in [9.17, 15) is 23.1 Å². The number of alkyl halides is 3. The van der Waals surface area contributed by atoms with Gasteiger partial charge in [-0.2, -0.15) is 13.2 Å². The summed E-state index contributed by atoms with van der Waals surface area (Å²) >= 11 is 6.22. The Labute approximate surface area is 200 Å². The molecule has 1 aromatic heterocycles. The van der Waals surface area contributed by atoms with E-state index in [2.05, 4.69) is 20.6 Å². The van der Waals surface area contributed by atoms with Crippen molar-refractivity contribution >= 4 is 29.1 Å².